The van der Waals surface area contributed by atoms with Crippen LogP contribution in [0, 0.1) is 15.9 Å². The molecule has 1 aliphatic heterocycles. The van der Waals surface area contributed by atoms with Crippen molar-refractivity contribution >= 4 is 5.69 Å². The predicted molar refractivity (Wildman–Crippen MR) is 68.3 cm³/mol. The van der Waals surface area contributed by atoms with E-state index in [2.05, 4.69) is 5.32 Å². The van der Waals surface area contributed by atoms with Gasteiger partial charge < -0.3 is 10.1 Å². The van der Waals surface area contributed by atoms with Crippen LogP contribution in [-0.4, -0.2) is 23.7 Å². The summed E-state index contributed by atoms with van der Waals surface area (Å²) in [5, 5.41) is 14.0. The smallest absolute Gasteiger partial charge is 0.276 e. The van der Waals surface area contributed by atoms with Crippen molar-refractivity contribution in [2.24, 2.45) is 0 Å². The van der Waals surface area contributed by atoms with Crippen LogP contribution in [0.4, 0.5) is 10.1 Å². The van der Waals surface area contributed by atoms with Gasteiger partial charge in [0, 0.05) is 25.3 Å². The molecule has 1 fully saturated rings. The average molecular weight is 268 g/mol. The Morgan fingerprint density at radius 1 is 1.63 bits per heavy atom. The van der Waals surface area contributed by atoms with Crippen LogP contribution in [0.3, 0.4) is 0 Å². The normalized spacial score (nSPS) is 20.4. The van der Waals surface area contributed by atoms with Gasteiger partial charge in [-0.1, -0.05) is 6.07 Å². The van der Waals surface area contributed by atoms with Crippen LogP contribution in [0.25, 0.3) is 0 Å². The summed E-state index contributed by atoms with van der Waals surface area (Å²) in [7, 11) is 0. The highest BCUT2D eigenvalue weighted by molar-refractivity contribution is 5.40. The molecule has 2 atom stereocenters. The second-order valence-corrected chi connectivity index (χ2v) is 4.72. The molecule has 1 N–H and O–H groups in total. The second kappa shape index (κ2) is 6.08. The minimum atomic E-state index is -0.559. The highest BCUT2D eigenvalue weighted by Gasteiger charge is 2.24. The molecule has 5 nitrogen and oxygen atoms in total. The van der Waals surface area contributed by atoms with E-state index in [1.807, 2.05) is 6.92 Å². The van der Waals surface area contributed by atoms with E-state index in [0.717, 1.165) is 19.4 Å². The van der Waals surface area contributed by atoms with Crippen molar-refractivity contribution < 1.29 is 14.1 Å². The lowest BCUT2D eigenvalue weighted by molar-refractivity contribution is -0.385. The maximum atomic E-state index is 13.7. The summed E-state index contributed by atoms with van der Waals surface area (Å²) in [5.74, 6) is -0.554. The van der Waals surface area contributed by atoms with E-state index in [0.29, 0.717) is 0 Å². The van der Waals surface area contributed by atoms with Gasteiger partial charge in [-0.05, 0) is 25.8 Å². The summed E-state index contributed by atoms with van der Waals surface area (Å²) in [6.07, 6.45) is 2.09. The monoisotopic (exact) mass is 268 g/mol. The fourth-order valence-electron chi connectivity index (χ4n) is 2.28. The van der Waals surface area contributed by atoms with Crippen molar-refractivity contribution in [2.45, 2.75) is 38.5 Å². The first-order valence-electron chi connectivity index (χ1n) is 6.36. The molecule has 0 aliphatic carbocycles. The first kappa shape index (κ1) is 13.9. The number of rotatable bonds is 5. The third-order valence-corrected chi connectivity index (χ3v) is 3.41. The average Bonchev–Trinajstić information content (AvgIpc) is 2.90. The molecule has 0 aromatic heterocycles. The first-order valence-corrected chi connectivity index (χ1v) is 6.36. The zero-order valence-corrected chi connectivity index (χ0v) is 10.8. The Balaban J connectivity index is 2.04. The molecular weight excluding hydrogens is 251 g/mol. The molecule has 1 aliphatic rings. The molecular formula is C13H17FN2O3. The van der Waals surface area contributed by atoms with Crippen LogP contribution in [0.2, 0.25) is 0 Å². The molecule has 0 amide bonds. The first-order chi connectivity index (χ1) is 9.09. The predicted octanol–water partition coefficient (Wildman–Crippen LogP) is 2.39. The van der Waals surface area contributed by atoms with Crippen LogP contribution in [0.1, 0.15) is 25.3 Å². The maximum Gasteiger partial charge on any atom is 0.276 e. The van der Waals surface area contributed by atoms with E-state index < -0.39 is 10.7 Å². The van der Waals surface area contributed by atoms with Crippen LogP contribution >= 0.6 is 0 Å². The van der Waals surface area contributed by atoms with E-state index in [1.54, 1.807) is 0 Å². The van der Waals surface area contributed by atoms with Crippen molar-refractivity contribution in [3.63, 3.8) is 0 Å². The van der Waals surface area contributed by atoms with Gasteiger partial charge >= 0.3 is 0 Å². The number of halogens is 1. The molecule has 0 unspecified atom stereocenters. The summed E-state index contributed by atoms with van der Waals surface area (Å²) >= 11 is 0. The third-order valence-electron chi connectivity index (χ3n) is 3.41. The zero-order valence-electron chi connectivity index (χ0n) is 10.8. The molecule has 19 heavy (non-hydrogen) atoms. The van der Waals surface area contributed by atoms with Crippen molar-refractivity contribution in [1.82, 2.24) is 5.32 Å². The fraction of sp³-hybridized carbons (Fsp3) is 0.538. The lowest BCUT2D eigenvalue weighted by Gasteiger charge is -2.20. The number of ether oxygens (including phenoxy) is 1. The summed E-state index contributed by atoms with van der Waals surface area (Å²) in [6.45, 7) is 2.82. The van der Waals surface area contributed by atoms with Gasteiger partial charge in [0.1, 0.15) is 5.82 Å². The van der Waals surface area contributed by atoms with Crippen LogP contribution in [0.15, 0.2) is 18.2 Å². The fourth-order valence-corrected chi connectivity index (χ4v) is 2.28. The number of nitro groups is 1. The Kier molecular flexibility index (Phi) is 4.44. The number of benzene rings is 1. The standard InChI is InChI=1S/C13H17FN2O3/c1-9(13-6-3-7-19-13)15-8-10-11(14)4-2-5-12(10)16(17)18/h2,4-5,9,13,15H,3,6-8H2,1H3/t9-,13-/m1/s1. The minimum Gasteiger partial charge on any atom is -0.377 e. The van der Waals surface area contributed by atoms with Gasteiger partial charge in [0.25, 0.3) is 5.69 Å². The highest BCUT2D eigenvalue weighted by atomic mass is 19.1. The molecule has 2 rings (SSSR count). The molecule has 0 bridgehead atoms. The zero-order chi connectivity index (χ0) is 13.8. The van der Waals surface area contributed by atoms with Gasteiger partial charge in [-0.3, -0.25) is 10.1 Å². The number of nitrogens with one attached hydrogen (secondary N) is 1. The molecule has 1 aromatic rings. The van der Waals surface area contributed by atoms with Crippen molar-refractivity contribution in [1.29, 1.82) is 0 Å². The van der Waals surface area contributed by atoms with Crippen molar-refractivity contribution in [3.05, 3.63) is 39.7 Å². The summed E-state index contributed by atoms with van der Waals surface area (Å²) in [4.78, 5) is 10.3. The van der Waals surface area contributed by atoms with E-state index in [4.69, 9.17) is 4.74 Å². The Bertz CT molecular complexity index is 461. The molecule has 1 heterocycles. The second-order valence-electron chi connectivity index (χ2n) is 4.72. The lowest BCUT2D eigenvalue weighted by Crippen LogP contribution is -2.36. The van der Waals surface area contributed by atoms with Gasteiger partial charge in [0.2, 0.25) is 0 Å². The molecule has 0 spiro atoms. The summed E-state index contributed by atoms with van der Waals surface area (Å²) in [6, 6.07) is 3.94. The molecule has 1 saturated heterocycles. The summed E-state index contributed by atoms with van der Waals surface area (Å²) in [5.41, 5.74) is -0.0932. The quantitative estimate of drug-likeness (QED) is 0.658. The summed E-state index contributed by atoms with van der Waals surface area (Å²) < 4.78 is 19.2. The minimum absolute atomic E-state index is 0.0433. The van der Waals surface area contributed by atoms with Crippen molar-refractivity contribution in [2.75, 3.05) is 6.61 Å². The Hall–Kier alpha value is -1.53. The SMILES string of the molecule is C[C@@H](NCc1c(F)cccc1[N+](=O)[O-])[C@H]1CCCO1. The maximum absolute atomic E-state index is 13.7. The Morgan fingerprint density at radius 3 is 3.05 bits per heavy atom. The van der Waals surface area contributed by atoms with E-state index >= 15 is 0 Å². The van der Waals surface area contributed by atoms with Gasteiger partial charge in [-0.25, -0.2) is 4.39 Å². The topological polar surface area (TPSA) is 64.4 Å². The molecule has 104 valence electrons. The van der Waals surface area contributed by atoms with Crippen LogP contribution in [0.5, 0.6) is 0 Å². The van der Waals surface area contributed by atoms with Crippen molar-refractivity contribution in [3.8, 4) is 0 Å². The molecule has 0 radical (unpaired) electrons. The van der Waals surface area contributed by atoms with Gasteiger partial charge in [0.05, 0.1) is 16.6 Å². The van der Waals surface area contributed by atoms with Gasteiger partial charge in [0.15, 0.2) is 0 Å². The number of nitro benzene ring substituents is 1. The van der Waals surface area contributed by atoms with E-state index in [9.17, 15) is 14.5 Å². The number of hydrogen-bond donors (Lipinski definition) is 1. The number of nitrogens with zero attached hydrogens (tertiary/aromatic N) is 1. The van der Waals surface area contributed by atoms with Crippen LogP contribution < -0.4 is 5.32 Å². The van der Waals surface area contributed by atoms with E-state index in [1.165, 1.54) is 18.2 Å². The van der Waals surface area contributed by atoms with E-state index in [-0.39, 0.29) is 29.9 Å². The highest BCUT2D eigenvalue weighted by Crippen LogP contribution is 2.22. The molecule has 0 saturated carbocycles. The Morgan fingerprint density at radius 2 is 2.42 bits per heavy atom. The lowest BCUT2D eigenvalue weighted by atomic mass is 10.1. The van der Waals surface area contributed by atoms with Crippen LogP contribution in [-0.2, 0) is 11.3 Å². The number of hydrogen-bond acceptors (Lipinski definition) is 4. The molecule has 1 aromatic carbocycles. The van der Waals surface area contributed by atoms with Gasteiger partial charge in [-0.15, -0.1) is 0 Å². The largest absolute Gasteiger partial charge is 0.377 e. The Labute approximate surface area is 110 Å². The molecule has 6 heteroatoms. The third kappa shape index (κ3) is 3.27. The van der Waals surface area contributed by atoms with Gasteiger partial charge in [-0.2, -0.15) is 0 Å².